The number of methoxy groups -OCH3 is 2. The Morgan fingerprint density at radius 2 is 2.00 bits per heavy atom. The summed E-state index contributed by atoms with van der Waals surface area (Å²) in [6, 6.07) is 11.1. The lowest BCUT2D eigenvalue weighted by Crippen LogP contribution is -2.25. The van der Waals surface area contributed by atoms with Crippen molar-refractivity contribution in [3.05, 3.63) is 71.3 Å². The number of aromatic nitrogens is 1. The van der Waals surface area contributed by atoms with Crippen LogP contribution >= 0.6 is 0 Å². The van der Waals surface area contributed by atoms with E-state index in [1.807, 2.05) is 0 Å². The second kappa shape index (κ2) is 7.55. The summed E-state index contributed by atoms with van der Waals surface area (Å²) < 4.78 is 26.3. The quantitative estimate of drug-likeness (QED) is 0.668. The Hall–Kier alpha value is -3.81. The molecule has 3 aromatic rings. The van der Waals surface area contributed by atoms with Crippen LogP contribution in [-0.4, -0.2) is 35.8 Å². The standard InChI is InChI=1S/C22H19FN2O5/c1-29-14-6-7-15(18(9-14)30-2)16-10-19(26)24-20-17(22(27)28)11-25(21(16)20)13-5-3-4-12(23)8-13/h3-9,11,16H,10H2,1-2H3,(H,24,26)(H,27,28). The molecule has 0 spiro atoms. The molecule has 4 rings (SSSR count). The molecule has 0 bridgehead atoms. The van der Waals surface area contributed by atoms with Gasteiger partial charge in [-0.1, -0.05) is 12.1 Å². The van der Waals surface area contributed by atoms with Gasteiger partial charge in [-0.25, -0.2) is 9.18 Å². The maximum Gasteiger partial charge on any atom is 0.339 e. The zero-order valence-electron chi connectivity index (χ0n) is 16.3. The van der Waals surface area contributed by atoms with Gasteiger partial charge in [0.2, 0.25) is 5.91 Å². The third kappa shape index (κ3) is 3.26. The highest BCUT2D eigenvalue weighted by atomic mass is 19.1. The number of hydrogen-bond donors (Lipinski definition) is 2. The monoisotopic (exact) mass is 410 g/mol. The number of amides is 1. The number of carbonyl (C=O) groups is 2. The van der Waals surface area contributed by atoms with Crippen LogP contribution in [0.25, 0.3) is 5.69 Å². The van der Waals surface area contributed by atoms with E-state index in [2.05, 4.69) is 5.32 Å². The number of aromatic carboxylic acids is 1. The summed E-state index contributed by atoms with van der Waals surface area (Å²) in [7, 11) is 3.05. The Labute approximate surface area is 171 Å². The van der Waals surface area contributed by atoms with Crippen LogP contribution in [0, 0.1) is 5.82 Å². The summed E-state index contributed by atoms with van der Waals surface area (Å²) in [6.45, 7) is 0. The van der Waals surface area contributed by atoms with Crippen molar-refractivity contribution in [1.82, 2.24) is 4.57 Å². The van der Waals surface area contributed by atoms with Crippen LogP contribution in [0.15, 0.2) is 48.7 Å². The first kappa shape index (κ1) is 19.5. The number of hydrogen-bond acceptors (Lipinski definition) is 4. The van der Waals surface area contributed by atoms with Gasteiger partial charge in [-0.15, -0.1) is 0 Å². The molecule has 2 aromatic carbocycles. The molecule has 0 fully saturated rings. The van der Waals surface area contributed by atoms with Crippen LogP contribution in [0.4, 0.5) is 10.1 Å². The number of carboxylic acids is 1. The smallest absolute Gasteiger partial charge is 0.339 e. The molecule has 8 heteroatoms. The minimum absolute atomic E-state index is 0.0696. The van der Waals surface area contributed by atoms with Gasteiger partial charge in [0.1, 0.15) is 22.9 Å². The van der Waals surface area contributed by atoms with E-state index in [9.17, 15) is 19.1 Å². The van der Waals surface area contributed by atoms with Gasteiger partial charge >= 0.3 is 5.97 Å². The van der Waals surface area contributed by atoms with Crippen molar-refractivity contribution in [2.24, 2.45) is 0 Å². The number of carbonyl (C=O) groups excluding carboxylic acids is 1. The topological polar surface area (TPSA) is 89.8 Å². The van der Waals surface area contributed by atoms with Crippen LogP contribution in [-0.2, 0) is 4.79 Å². The zero-order valence-corrected chi connectivity index (χ0v) is 16.3. The third-order valence-electron chi connectivity index (χ3n) is 5.16. The molecule has 0 saturated carbocycles. The Balaban J connectivity index is 1.98. The molecule has 2 N–H and O–H groups in total. The molecular weight excluding hydrogens is 391 g/mol. The zero-order chi connectivity index (χ0) is 21.4. The molecule has 0 aliphatic carbocycles. The Morgan fingerprint density at radius 3 is 2.67 bits per heavy atom. The fourth-order valence-corrected chi connectivity index (χ4v) is 3.83. The van der Waals surface area contributed by atoms with Gasteiger partial charge in [0.15, 0.2) is 0 Å². The molecule has 0 saturated heterocycles. The van der Waals surface area contributed by atoms with E-state index < -0.39 is 17.7 Å². The Kier molecular flexibility index (Phi) is 4.91. The van der Waals surface area contributed by atoms with E-state index in [4.69, 9.17) is 9.47 Å². The van der Waals surface area contributed by atoms with E-state index in [0.29, 0.717) is 28.4 Å². The van der Waals surface area contributed by atoms with Crippen LogP contribution < -0.4 is 14.8 Å². The first-order valence-electron chi connectivity index (χ1n) is 9.19. The highest BCUT2D eigenvalue weighted by Gasteiger charge is 2.35. The third-order valence-corrected chi connectivity index (χ3v) is 5.16. The minimum Gasteiger partial charge on any atom is -0.497 e. The second-order valence-electron chi connectivity index (χ2n) is 6.87. The van der Waals surface area contributed by atoms with Crippen LogP contribution in [0.5, 0.6) is 11.5 Å². The van der Waals surface area contributed by atoms with Gasteiger partial charge in [-0.2, -0.15) is 0 Å². The van der Waals surface area contributed by atoms with Crippen LogP contribution in [0.3, 0.4) is 0 Å². The normalized spacial score (nSPS) is 15.3. The van der Waals surface area contributed by atoms with E-state index in [1.165, 1.54) is 32.5 Å². The Morgan fingerprint density at radius 1 is 1.20 bits per heavy atom. The summed E-state index contributed by atoms with van der Waals surface area (Å²) in [5, 5.41) is 12.4. The summed E-state index contributed by atoms with van der Waals surface area (Å²) in [6.07, 6.45) is 1.48. The molecule has 30 heavy (non-hydrogen) atoms. The molecular formula is C22H19FN2O5. The summed E-state index contributed by atoms with van der Waals surface area (Å²) >= 11 is 0. The number of fused-ring (bicyclic) bond motifs is 1. The van der Waals surface area contributed by atoms with E-state index >= 15 is 0 Å². The van der Waals surface area contributed by atoms with Crippen molar-refractivity contribution in [2.75, 3.05) is 19.5 Å². The summed E-state index contributed by atoms with van der Waals surface area (Å²) in [5.74, 6) is -1.38. The maximum absolute atomic E-state index is 13.9. The van der Waals surface area contributed by atoms with Crippen molar-refractivity contribution in [1.29, 1.82) is 0 Å². The molecule has 7 nitrogen and oxygen atoms in total. The highest BCUT2D eigenvalue weighted by molar-refractivity contribution is 6.04. The van der Waals surface area contributed by atoms with Crippen molar-refractivity contribution < 1.29 is 28.6 Å². The van der Waals surface area contributed by atoms with Crippen molar-refractivity contribution in [2.45, 2.75) is 12.3 Å². The van der Waals surface area contributed by atoms with Gasteiger partial charge in [-0.3, -0.25) is 4.79 Å². The van der Waals surface area contributed by atoms with Gasteiger partial charge in [0, 0.05) is 35.9 Å². The lowest BCUT2D eigenvalue weighted by Gasteiger charge is -2.27. The summed E-state index contributed by atoms with van der Waals surface area (Å²) in [4.78, 5) is 24.3. The van der Waals surface area contributed by atoms with Gasteiger partial charge in [0.05, 0.1) is 25.6 Å². The van der Waals surface area contributed by atoms with Gasteiger partial charge < -0.3 is 24.5 Å². The first-order chi connectivity index (χ1) is 14.4. The lowest BCUT2D eigenvalue weighted by atomic mass is 9.87. The molecule has 154 valence electrons. The molecule has 1 amide bonds. The average molecular weight is 410 g/mol. The number of benzene rings is 2. The van der Waals surface area contributed by atoms with E-state index in [0.717, 1.165) is 0 Å². The molecule has 2 heterocycles. The fourth-order valence-electron chi connectivity index (χ4n) is 3.83. The van der Waals surface area contributed by atoms with Gasteiger partial charge in [-0.05, 0) is 24.3 Å². The lowest BCUT2D eigenvalue weighted by molar-refractivity contribution is -0.116. The predicted molar refractivity (Wildman–Crippen MR) is 107 cm³/mol. The SMILES string of the molecule is COc1ccc(C2CC(=O)Nc3c(C(=O)O)cn(-c4cccc(F)c4)c32)c(OC)c1. The maximum atomic E-state index is 13.9. The van der Waals surface area contributed by atoms with E-state index in [1.54, 1.807) is 34.9 Å². The van der Waals surface area contributed by atoms with Crippen molar-refractivity contribution >= 4 is 17.6 Å². The summed E-state index contributed by atoms with van der Waals surface area (Å²) in [5.41, 5.74) is 1.82. The molecule has 1 aromatic heterocycles. The van der Waals surface area contributed by atoms with Crippen LogP contribution in [0.1, 0.15) is 34.0 Å². The Bertz CT molecular complexity index is 1150. The molecule has 1 unspecified atom stereocenters. The first-order valence-corrected chi connectivity index (χ1v) is 9.19. The number of ether oxygens (including phenoxy) is 2. The van der Waals surface area contributed by atoms with Crippen molar-refractivity contribution in [3.8, 4) is 17.2 Å². The largest absolute Gasteiger partial charge is 0.497 e. The number of anilines is 1. The second-order valence-corrected chi connectivity index (χ2v) is 6.87. The molecule has 1 aliphatic heterocycles. The van der Waals surface area contributed by atoms with Crippen LogP contribution in [0.2, 0.25) is 0 Å². The number of nitrogens with zero attached hydrogens (tertiary/aromatic N) is 1. The van der Waals surface area contributed by atoms with Gasteiger partial charge in [0.25, 0.3) is 0 Å². The number of carboxylic acid groups (broad SMARTS) is 1. The molecule has 0 radical (unpaired) electrons. The van der Waals surface area contributed by atoms with Crippen molar-refractivity contribution in [3.63, 3.8) is 0 Å². The number of nitrogens with one attached hydrogen (secondary N) is 1. The molecule has 1 aliphatic rings. The van der Waals surface area contributed by atoms with E-state index in [-0.39, 0.29) is 23.6 Å². The predicted octanol–water partition coefficient (Wildman–Crippen LogP) is 3.81. The highest BCUT2D eigenvalue weighted by Crippen LogP contribution is 2.44. The molecule has 1 atom stereocenters. The average Bonchev–Trinajstić information content (AvgIpc) is 3.12. The number of halogens is 1. The minimum atomic E-state index is -1.19. The fraction of sp³-hybridized carbons (Fsp3) is 0.182. The number of rotatable bonds is 5.